The van der Waals surface area contributed by atoms with Crippen molar-refractivity contribution in [2.24, 2.45) is 10.8 Å². The zero-order valence-corrected chi connectivity index (χ0v) is 38.6. The van der Waals surface area contributed by atoms with Gasteiger partial charge in [-0.3, -0.25) is 24.0 Å². The van der Waals surface area contributed by atoms with E-state index < -0.39 is 11.7 Å². The number of unbranched alkanes of at least 4 members (excludes halogenated alkanes) is 6. The molecule has 12 heteroatoms. The predicted molar refractivity (Wildman–Crippen MR) is 233 cm³/mol. The lowest BCUT2D eigenvalue weighted by molar-refractivity contribution is -0.137. The van der Waals surface area contributed by atoms with Gasteiger partial charge in [-0.15, -0.1) is 0 Å². The van der Waals surface area contributed by atoms with E-state index in [-0.39, 0.29) is 35.9 Å². The highest BCUT2D eigenvalue weighted by molar-refractivity contribution is 6.37. The summed E-state index contributed by atoms with van der Waals surface area (Å²) in [7, 11) is 2.02. The first-order chi connectivity index (χ1) is 26.5. The van der Waals surface area contributed by atoms with Crippen molar-refractivity contribution in [2.45, 2.75) is 204 Å². The van der Waals surface area contributed by atoms with Crippen molar-refractivity contribution in [3.63, 3.8) is 0 Å². The fraction of sp³-hybridized carbons (Fsp3) is 0.841. The summed E-state index contributed by atoms with van der Waals surface area (Å²) in [5, 5.41) is 10.4. The summed E-state index contributed by atoms with van der Waals surface area (Å²) in [5.74, 6) is -1.19. The fourth-order valence-electron chi connectivity index (χ4n) is 5.15. The number of likely N-dealkylation sites (tertiary alicyclic amines) is 1. The molecule has 0 spiro atoms. The van der Waals surface area contributed by atoms with Crippen molar-refractivity contribution in [1.82, 2.24) is 26.2 Å². The van der Waals surface area contributed by atoms with E-state index in [1.54, 1.807) is 0 Å². The first-order valence-corrected chi connectivity index (χ1v) is 21.4. The van der Waals surface area contributed by atoms with Gasteiger partial charge < -0.3 is 35.8 Å². The molecule has 2 unspecified atom stereocenters. The summed E-state index contributed by atoms with van der Waals surface area (Å²) >= 11 is 0. The predicted octanol–water partition coefficient (Wildman–Crippen LogP) is 7.74. The molecule has 332 valence electrons. The second kappa shape index (κ2) is 43.0. The second-order valence-electron chi connectivity index (χ2n) is 15.7. The van der Waals surface area contributed by atoms with Gasteiger partial charge >= 0.3 is 0 Å². The van der Waals surface area contributed by atoms with Crippen LogP contribution in [0.3, 0.4) is 0 Å². The van der Waals surface area contributed by atoms with Gasteiger partial charge in [0.15, 0.2) is 0 Å². The Morgan fingerprint density at radius 1 is 0.786 bits per heavy atom. The lowest BCUT2D eigenvalue weighted by Crippen LogP contribution is -2.39. The van der Waals surface area contributed by atoms with Crippen molar-refractivity contribution in [1.29, 1.82) is 0 Å². The molecule has 2 atom stereocenters. The number of hydrogen-bond donors (Lipinski definition) is 4. The summed E-state index contributed by atoms with van der Waals surface area (Å²) in [6.07, 6.45) is 20.9. The molecule has 0 bridgehead atoms. The topological polar surface area (TPSA) is 171 Å². The fourth-order valence-corrected chi connectivity index (χ4v) is 5.15. The summed E-state index contributed by atoms with van der Waals surface area (Å²) in [5.41, 5.74) is 0.425. The van der Waals surface area contributed by atoms with Gasteiger partial charge in [0.25, 0.3) is 5.91 Å². The summed E-state index contributed by atoms with van der Waals surface area (Å²) in [6.45, 7) is 28.1. The highest BCUT2D eigenvalue weighted by Crippen LogP contribution is 2.30. The Hall–Kier alpha value is -3.15. The van der Waals surface area contributed by atoms with Gasteiger partial charge in [0.05, 0.1) is 13.1 Å². The minimum absolute atomic E-state index is 0.0205. The maximum atomic E-state index is 11.3. The molecule has 1 aliphatic carbocycles. The lowest BCUT2D eigenvalue weighted by atomic mass is 9.78. The van der Waals surface area contributed by atoms with Crippen molar-refractivity contribution >= 4 is 43.0 Å². The molecule has 1 heterocycles. The van der Waals surface area contributed by atoms with Crippen LogP contribution in [-0.4, -0.2) is 92.7 Å². The summed E-state index contributed by atoms with van der Waals surface area (Å²) in [6, 6.07) is 1.03. The Kier molecular flexibility index (Phi) is 47.6. The van der Waals surface area contributed by atoms with Gasteiger partial charge in [0.2, 0.25) is 24.5 Å². The number of hydrogen-bond acceptors (Lipinski definition) is 8. The average Bonchev–Trinajstić information content (AvgIpc) is 3.86. The minimum Gasteiger partial charge on any atom is -0.351 e. The third-order valence-corrected chi connectivity index (χ3v) is 8.57. The van der Waals surface area contributed by atoms with Crippen molar-refractivity contribution < 1.29 is 33.6 Å². The van der Waals surface area contributed by atoms with Gasteiger partial charge in [0.1, 0.15) is 12.6 Å². The van der Waals surface area contributed by atoms with Gasteiger partial charge in [-0.25, -0.2) is 0 Å². The Labute approximate surface area is 344 Å². The second-order valence-corrected chi connectivity index (χ2v) is 15.7. The number of carbonyl (C=O) groups excluding carboxylic acids is 7. The number of amides is 4. The maximum absolute atomic E-state index is 11.3. The molecule has 4 N–H and O–H groups in total. The van der Waals surface area contributed by atoms with Gasteiger partial charge in [0, 0.05) is 31.1 Å². The summed E-state index contributed by atoms with van der Waals surface area (Å²) in [4.78, 5) is 73.9. The number of carbonyl (C=O) groups is 7. The van der Waals surface area contributed by atoms with Crippen LogP contribution in [-0.2, 0) is 33.6 Å². The standard InChI is InChI=1S/C13H27NO.C9H20.C8H14N2O2.C7H10N2O3.C3H8.C2H4O.C2H6/c1-12(2,3)11(14-6)7-8-13(4,5)9-10-15;1-3-5-7-9-8-6-4-2;1-7-3-2-4-10(7)8(12)5-9-6-11;10-4-8-3-6(11)7(12)9-5-1-2-5;1-3-2;1-2-3;1-2/h10-11,14H,7-9H2,1-6H3;3-9H2,1-2H3;6-7H,2-5H2,1H3,(H,9,11);4-5H,1-3H2,(H,8,10)(H,9,12);3H2,1-2H3;2H,1H3;1-2H3. The van der Waals surface area contributed by atoms with Crippen molar-refractivity contribution in [3.05, 3.63) is 0 Å². The molecule has 2 fully saturated rings. The monoisotopic (exact) mass is 800 g/mol. The van der Waals surface area contributed by atoms with Crippen LogP contribution in [0.15, 0.2) is 0 Å². The van der Waals surface area contributed by atoms with E-state index in [2.05, 4.69) is 83.6 Å². The molecule has 56 heavy (non-hydrogen) atoms. The number of aldehydes is 2. The highest BCUT2D eigenvalue weighted by atomic mass is 16.2. The first kappa shape index (κ1) is 62.1. The molecule has 0 aromatic carbocycles. The number of nitrogens with zero attached hydrogens (tertiary/aromatic N) is 1. The summed E-state index contributed by atoms with van der Waals surface area (Å²) < 4.78 is 0. The van der Waals surface area contributed by atoms with Gasteiger partial charge in [-0.1, -0.05) is 128 Å². The molecular weight excluding hydrogens is 711 g/mol. The first-order valence-electron chi connectivity index (χ1n) is 21.4. The van der Waals surface area contributed by atoms with Crippen LogP contribution >= 0.6 is 0 Å². The third-order valence-electron chi connectivity index (χ3n) is 8.57. The molecule has 1 saturated heterocycles. The van der Waals surface area contributed by atoms with Crippen LogP contribution in [0.2, 0.25) is 0 Å². The molecule has 1 saturated carbocycles. The molecule has 0 aromatic heterocycles. The molecule has 2 aliphatic rings. The van der Waals surface area contributed by atoms with Crippen molar-refractivity contribution in [3.8, 4) is 0 Å². The van der Waals surface area contributed by atoms with Gasteiger partial charge in [-0.05, 0) is 70.3 Å². The number of rotatable bonds is 20. The Morgan fingerprint density at radius 2 is 1.25 bits per heavy atom. The lowest BCUT2D eigenvalue weighted by Gasteiger charge is -2.33. The van der Waals surface area contributed by atoms with Crippen molar-refractivity contribution in [2.75, 3.05) is 26.7 Å². The van der Waals surface area contributed by atoms with E-state index in [1.165, 1.54) is 58.3 Å². The maximum Gasteiger partial charge on any atom is 0.289 e. The molecule has 2 rings (SSSR count). The normalized spacial score (nSPS) is 14.3. The third kappa shape index (κ3) is 43.6. The zero-order chi connectivity index (χ0) is 44.4. The molecular formula is C44H89N5O7. The Morgan fingerprint density at radius 3 is 1.61 bits per heavy atom. The Bertz CT molecular complexity index is 960. The average molecular weight is 800 g/mol. The zero-order valence-electron chi connectivity index (χ0n) is 38.6. The Balaban J connectivity index is -0.000000196. The smallest absolute Gasteiger partial charge is 0.289 e. The van der Waals surface area contributed by atoms with Gasteiger partial charge in [-0.2, -0.15) is 0 Å². The molecule has 12 nitrogen and oxygen atoms in total. The SMILES string of the molecule is CC.CC1CCCN1C(=O)CNC=O.CC=O.CCC.CCCCCCCCC.CNC(CCC(C)(C)CC=O)C(C)(C)C.O=CNCC(=O)C(=O)NC1CC1. The van der Waals surface area contributed by atoms with Crippen LogP contribution in [0.25, 0.3) is 0 Å². The molecule has 1 aliphatic heterocycles. The van der Waals surface area contributed by atoms with Crippen LogP contribution in [0, 0.1) is 10.8 Å². The highest BCUT2D eigenvalue weighted by Gasteiger charge is 2.27. The van der Waals surface area contributed by atoms with Crippen LogP contribution in [0.5, 0.6) is 0 Å². The number of Topliss-reactive ketones (excluding diaryl/α,β-unsaturated/α-hetero) is 1. The largest absolute Gasteiger partial charge is 0.351 e. The van der Waals surface area contributed by atoms with Crippen LogP contribution in [0.1, 0.15) is 186 Å². The van der Waals surface area contributed by atoms with E-state index in [9.17, 15) is 28.8 Å². The van der Waals surface area contributed by atoms with E-state index in [1.807, 2.05) is 32.7 Å². The van der Waals surface area contributed by atoms with E-state index in [4.69, 9.17) is 4.79 Å². The van der Waals surface area contributed by atoms with E-state index in [0.29, 0.717) is 31.3 Å². The number of nitrogens with one attached hydrogen (secondary N) is 4. The van der Waals surface area contributed by atoms with E-state index in [0.717, 1.165) is 57.6 Å². The molecule has 0 radical (unpaired) electrons. The minimum atomic E-state index is -0.605. The molecule has 4 amide bonds. The van der Waals surface area contributed by atoms with Crippen LogP contribution in [0.4, 0.5) is 0 Å². The number of ketones is 1. The van der Waals surface area contributed by atoms with E-state index >= 15 is 0 Å². The quantitative estimate of drug-likeness (QED) is 0.0551. The van der Waals surface area contributed by atoms with Crippen LogP contribution < -0.4 is 21.3 Å². The molecule has 0 aromatic rings.